The van der Waals surface area contributed by atoms with Crippen LogP contribution in [0.2, 0.25) is 0 Å². The van der Waals surface area contributed by atoms with Crippen molar-refractivity contribution in [1.29, 1.82) is 0 Å². The molecule has 6 nitrogen and oxygen atoms in total. The normalized spacial score (nSPS) is 18.7. The van der Waals surface area contributed by atoms with E-state index in [1.165, 1.54) is 0 Å². The van der Waals surface area contributed by atoms with Gasteiger partial charge in [0.1, 0.15) is 11.1 Å². The van der Waals surface area contributed by atoms with Crippen LogP contribution in [0, 0.1) is 0 Å². The van der Waals surface area contributed by atoms with Crippen LogP contribution >= 0.6 is 0 Å². The van der Waals surface area contributed by atoms with Crippen LogP contribution in [0.5, 0.6) is 0 Å². The third-order valence-corrected chi connectivity index (χ3v) is 3.47. The molecule has 2 amide bonds. The van der Waals surface area contributed by atoms with Crippen molar-refractivity contribution in [3.63, 3.8) is 0 Å². The van der Waals surface area contributed by atoms with Crippen molar-refractivity contribution in [2.24, 2.45) is 0 Å². The highest BCUT2D eigenvalue weighted by atomic mass is 16.6. The standard InChI is InChI=1S/C15H26N2O4/c1-14(2,3)21-12(19)8-7-11(18)17-10-9-16(6)13(20)15(17,4)5/h7-10H2,1-6H3. The molecule has 1 saturated heterocycles. The van der Waals surface area contributed by atoms with Crippen molar-refractivity contribution in [2.45, 2.75) is 58.6 Å². The third kappa shape index (κ3) is 4.44. The van der Waals surface area contributed by atoms with Crippen molar-refractivity contribution in [2.75, 3.05) is 20.1 Å². The number of esters is 1. The summed E-state index contributed by atoms with van der Waals surface area (Å²) < 4.78 is 5.18. The Balaban J connectivity index is 2.60. The summed E-state index contributed by atoms with van der Waals surface area (Å²) in [7, 11) is 1.73. The fourth-order valence-corrected chi connectivity index (χ4v) is 2.39. The lowest BCUT2D eigenvalue weighted by Gasteiger charge is -2.44. The quantitative estimate of drug-likeness (QED) is 0.734. The third-order valence-electron chi connectivity index (χ3n) is 3.47. The van der Waals surface area contributed by atoms with Gasteiger partial charge in [-0.05, 0) is 34.6 Å². The number of carbonyl (C=O) groups excluding carboxylic acids is 3. The van der Waals surface area contributed by atoms with Crippen LogP contribution in [0.25, 0.3) is 0 Å². The second-order valence-corrected chi connectivity index (χ2v) is 6.92. The smallest absolute Gasteiger partial charge is 0.306 e. The molecule has 0 spiro atoms. The van der Waals surface area contributed by atoms with Gasteiger partial charge in [0.25, 0.3) is 0 Å². The van der Waals surface area contributed by atoms with Crippen LogP contribution < -0.4 is 0 Å². The summed E-state index contributed by atoms with van der Waals surface area (Å²) in [6, 6.07) is 0. The minimum Gasteiger partial charge on any atom is -0.460 e. The van der Waals surface area contributed by atoms with E-state index in [1.807, 2.05) is 0 Å². The van der Waals surface area contributed by atoms with Gasteiger partial charge in [-0.15, -0.1) is 0 Å². The van der Waals surface area contributed by atoms with Gasteiger partial charge in [0.15, 0.2) is 0 Å². The van der Waals surface area contributed by atoms with Gasteiger partial charge in [-0.25, -0.2) is 0 Å². The molecule has 1 rings (SSSR count). The van der Waals surface area contributed by atoms with E-state index in [0.29, 0.717) is 13.1 Å². The Hall–Kier alpha value is -1.59. The van der Waals surface area contributed by atoms with E-state index in [1.54, 1.807) is 51.5 Å². The van der Waals surface area contributed by atoms with E-state index in [2.05, 4.69) is 0 Å². The molecule has 0 N–H and O–H groups in total. The maximum absolute atomic E-state index is 12.3. The van der Waals surface area contributed by atoms with Crippen LogP contribution in [0.4, 0.5) is 0 Å². The number of carbonyl (C=O) groups is 3. The van der Waals surface area contributed by atoms with E-state index in [4.69, 9.17) is 4.74 Å². The minimum atomic E-state index is -0.863. The number of piperazine rings is 1. The molecular weight excluding hydrogens is 272 g/mol. The fourth-order valence-electron chi connectivity index (χ4n) is 2.39. The average Bonchev–Trinajstić information content (AvgIpc) is 2.31. The molecule has 21 heavy (non-hydrogen) atoms. The van der Waals surface area contributed by atoms with Gasteiger partial charge in [0, 0.05) is 26.6 Å². The van der Waals surface area contributed by atoms with E-state index < -0.39 is 17.1 Å². The lowest BCUT2D eigenvalue weighted by atomic mass is 9.97. The summed E-state index contributed by atoms with van der Waals surface area (Å²) in [6.45, 7) is 9.83. The second-order valence-electron chi connectivity index (χ2n) is 6.92. The summed E-state index contributed by atoms with van der Waals surface area (Å²) >= 11 is 0. The first-order valence-corrected chi connectivity index (χ1v) is 7.23. The highest BCUT2D eigenvalue weighted by Crippen LogP contribution is 2.23. The Labute approximate surface area is 126 Å². The maximum Gasteiger partial charge on any atom is 0.306 e. The molecule has 0 atom stereocenters. The Kier molecular flexibility index (Phi) is 5.02. The number of hydrogen-bond donors (Lipinski definition) is 0. The number of likely N-dealkylation sites (N-methyl/N-ethyl adjacent to an activating group) is 1. The first kappa shape index (κ1) is 17.5. The largest absolute Gasteiger partial charge is 0.460 e. The molecular formula is C15H26N2O4. The molecule has 1 heterocycles. The van der Waals surface area contributed by atoms with Gasteiger partial charge < -0.3 is 14.5 Å². The van der Waals surface area contributed by atoms with Gasteiger partial charge in [-0.2, -0.15) is 0 Å². The topological polar surface area (TPSA) is 66.9 Å². The Morgan fingerprint density at radius 1 is 1.19 bits per heavy atom. The molecule has 0 saturated carbocycles. The summed E-state index contributed by atoms with van der Waals surface area (Å²) in [6.07, 6.45) is 0.0993. The molecule has 0 bridgehead atoms. The van der Waals surface area contributed by atoms with Gasteiger partial charge >= 0.3 is 5.97 Å². The van der Waals surface area contributed by atoms with Crippen molar-refractivity contribution in [1.82, 2.24) is 9.80 Å². The SMILES string of the molecule is CN1CCN(C(=O)CCC(=O)OC(C)(C)C)C(C)(C)C1=O. The first-order valence-electron chi connectivity index (χ1n) is 7.23. The van der Waals surface area contributed by atoms with Crippen molar-refractivity contribution in [3.05, 3.63) is 0 Å². The van der Waals surface area contributed by atoms with E-state index in [-0.39, 0.29) is 24.7 Å². The molecule has 0 aliphatic carbocycles. The number of rotatable bonds is 3. The summed E-state index contributed by atoms with van der Waals surface area (Å²) in [5, 5.41) is 0. The van der Waals surface area contributed by atoms with Gasteiger partial charge in [-0.1, -0.05) is 0 Å². The lowest BCUT2D eigenvalue weighted by molar-refractivity contribution is -0.160. The lowest BCUT2D eigenvalue weighted by Crippen LogP contribution is -2.63. The van der Waals surface area contributed by atoms with Crippen molar-refractivity contribution < 1.29 is 19.1 Å². The zero-order valence-electron chi connectivity index (χ0n) is 13.9. The van der Waals surface area contributed by atoms with E-state index >= 15 is 0 Å². The maximum atomic E-state index is 12.3. The van der Waals surface area contributed by atoms with E-state index in [0.717, 1.165) is 0 Å². The second kappa shape index (κ2) is 6.03. The molecule has 0 unspecified atom stereocenters. The Morgan fingerprint density at radius 2 is 1.76 bits per heavy atom. The summed E-state index contributed by atoms with van der Waals surface area (Å²) in [5.74, 6) is -0.666. The van der Waals surface area contributed by atoms with Crippen LogP contribution in [0.3, 0.4) is 0 Å². The fraction of sp³-hybridized carbons (Fsp3) is 0.800. The molecule has 0 aromatic carbocycles. The minimum absolute atomic E-state index is 0.0344. The number of nitrogens with zero attached hydrogens (tertiary/aromatic N) is 2. The zero-order chi connectivity index (χ0) is 16.4. The monoisotopic (exact) mass is 298 g/mol. The number of hydrogen-bond acceptors (Lipinski definition) is 4. The van der Waals surface area contributed by atoms with Crippen LogP contribution in [0.15, 0.2) is 0 Å². The van der Waals surface area contributed by atoms with Gasteiger partial charge in [0.05, 0.1) is 6.42 Å². The molecule has 0 aromatic rings. The highest BCUT2D eigenvalue weighted by Gasteiger charge is 2.42. The van der Waals surface area contributed by atoms with Crippen molar-refractivity contribution in [3.8, 4) is 0 Å². The number of ether oxygens (including phenoxy) is 1. The molecule has 0 radical (unpaired) electrons. The molecule has 1 fully saturated rings. The van der Waals surface area contributed by atoms with Gasteiger partial charge in [0.2, 0.25) is 11.8 Å². The Morgan fingerprint density at radius 3 is 2.29 bits per heavy atom. The van der Waals surface area contributed by atoms with Crippen molar-refractivity contribution >= 4 is 17.8 Å². The van der Waals surface area contributed by atoms with Crippen LogP contribution in [-0.2, 0) is 19.1 Å². The van der Waals surface area contributed by atoms with Gasteiger partial charge in [-0.3, -0.25) is 14.4 Å². The Bertz CT molecular complexity index is 437. The highest BCUT2D eigenvalue weighted by molar-refractivity contribution is 5.92. The predicted octanol–water partition coefficient (Wildman–Crippen LogP) is 1.19. The molecule has 6 heteroatoms. The van der Waals surface area contributed by atoms with Crippen LogP contribution in [0.1, 0.15) is 47.5 Å². The molecule has 1 aliphatic heterocycles. The summed E-state index contributed by atoms with van der Waals surface area (Å²) in [4.78, 5) is 39.2. The molecule has 120 valence electrons. The molecule has 0 aromatic heterocycles. The molecule has 1 aliphatic rings. The van der Waals surface area contributed by atoms with E-state index in [9.17, 15) is 14.4 Å². The zero-order valence-corrected chi connectivity index (χ0v) is 13.9. The average molecular weight is 298 g/mol. The number of amides is 2. The first-order chi connectivity index (χ1) is 9.45. The summed E-state index contributed by atoms with van der Waals surface area (Å²) in [5.41, 5.74) is -1.42. The predicted molar refractivity (Wildman–Crippen MR) is 78.5 cm³/mol. The van der Waals surface area contributed by atoms with Crippen LogP contribution in [-0.4, -0.2) is 58.9 Å².